The Balaban J connectivity index is 1.77. The van der Waals surface area contributed by atoms with Crippen LogP contribution in [0.4, 0.5) is 17.6 Å². The van der Waals surface area contributed by atoms with E-state index in [9.17, 15) is 0 Å². The van der Waals surface area contributed by atoms with Crippen molar-refractivity contribution in [3.05, 3.63) is 48.2 Å². The summed E-state index contributed by atoms with van der Waals surface area (Å²) in [7, 11) is 0. The van der Waals surface area contributed by atoms with Gasteiger partial charge in [-0.25, -0.2) is 4.98 Å². The van der Waals surface area contributed by atoms with E-state index in [1.165, 1.54) is 10.9 Å². The zero-order chi connectivity index (χ0) is 17.8. The van der Waals surface area contributed by atoms with E-state index >= 15 is 0 Å². The lowest BCUT2D eigenvalue weighted by Gasteiger charge is -2.10. The average Bonchev–Trinajstić information content (AvgIpc) is 2.96. The molecule has 0 aliphatic heterocycles. The zero-order valence-corrected chi connectivity index (χ0v) is 13.8. The molecular formula is C17H17N7O. The molecule has 2 heterocycles. The Kier molecular flexibility index (Phi) is 4.48. The molecule has 0 radical (unpaired) electrons. The molecule has 25 heavy (non-hydrogen) atoms. The highest BCUT2D eigenvalue weighted by molar-refractivity contribution is 5.55. The average molecular weight is 335 g/mol. The fourth-order valence-corrected chi connectivity index (χ4v) is 2.14. The number of nitrogens with zero attached hydrogens (tertiary/aromatic N) is 5. The normalized spacial score (nSPS) is 10.5. The van der Waals surface area contributed by atoms with Crippen molar-refractivity contribution < 1.29 is 4.74 Å². The molecule has 0 saturated heterocycles. The lowest BCUT2D eigenvalue weighted by atomic mass is 10.3. The second-order valence-electron chi connectivity index (χ2n) is 5.54. The number of hydrogen-bond acceptors (Lipinski definition) is 7. The maximum absolute atomic E-state index is 8.82. The third-order valence-electron chi connectivity index (χ3n) is 3.21. The first-order valence-corrected chi connectivity index (χ1v) is 7.68. The van der Waals surface area contributed by atoms with Crippen molar-refractivity contribution >= 4 is 17.6 Å². The second kappa shape index (κ2) is 6.88. The van der Waals surface area contributed by atoms with E-state index in [-0.39, 0.29) is 12.1 Å². The summed E-state index contributed by atoms with van der Waals surface area (Å²) in [6.45, 7) is 3.95. The van der Waals surface area contributed by atoms with Crippen LogP contribution >= 0.6 is 0 Å². The minimum Gasteiger partial charge on any atom is -0.491 e. The van der Waals surface area contributed by atoms with Gasteiger partial charge in [0.1, 0.15) is 11.8 Å². The largest absolute Gasteiger partial charge is 0.491 e. The van der Waals surface area contributed by atoms with Gasteiger partial charge in [0, 0.05) is 11.9 Å². The van der Waals surface area contributed by atoms with Gasteiger partial charge >= 0.3 is 0 Å². The van der Waals surface area contributed by atoms with Gasteiger partial charge in [0.05, 0.1) is 11.7 Å². The highest BCUT2D eigenvalue weighted by Gasteiger charge is 2.10. The Morgan fingerprint density at radius 2 is 1.96 bits per heavy atom. The molecule has 1 aromatic carbocycles. The number of rotatable bonds is 5. The van der Waals surface area contributed by atoms with Crippen LogP contribution in [0.3, 0.4) is 0 Å². The summed E-state index contributed by atoms with van der Waals surface area (Å²) >= 11 is 0. The quantitative estimate of drug-likeness (QED) is 0.736. The van der Waals surface area contributed by atoms with Gasteiger partial charge in [0.25, 0.3) is 0 Å². The molecule has 0 unspecified atom stereocenters. The number of hydrogen-bond donors (Lipinski definition) is 2. The van der Waals surface area contributed by atoms with Crippen molar-refractivity contribution in [1.29, 1.82) is 5.26 Å². The van der Waals surface area contributed by atoms with Gasteiger partial charge in [-0.15, -0.1) is 5.10 Å². The van der Waals surface area contributed by atoms with Crippen LogP contribution in [0.15, 0.2) is 42.6 Å². The summed E-state index contributed by atoms with van der Waals surface area (Å²) < 4.78 is 7.01. The summed E-state index contributed by atoms with van der Waals surface area (Å²) in [4.78, 5) is 8.33. The molecule has 0 amide bonds. The number of ether oxygens (including phenoxy) is 1. The van der Waals surface area contributed by atoms with Crippen molar-refractivity contribution in [2.45, 2.75) is 20.0 Å². The lowest BCUT2D eigenvalue weighted by molar-refractivity contribution is 0.242. The molecule has 3 aromatic rings. The van der Waals surface area contributed by atoms with E-state index in [1.54, 1.807) is 12.1 Å². The van der Waals surface area contributed by atoms with Crippen molar-refractivity contribution in [3.8, 4) is 17.6 Å². The minimum absolute atomic E-state index is 0.121. The highest BCUT2D eigenvalue weighted by Crippen LogP contribution is 2.20. The molecule has 0 fully saturated rings. The predicted molar refractivity (Wildman–Crippen MR) is 93.8 cm³/mol. The number of nitriles is 1. The fraction of sp³-hybridized carbons (Fsp3) is 0.176. The van der Waals surface area contributed by atoms with Crippen molar-refractivity contribution in [1.82, 2.24) is 19.7 Å². The number of anilines is 3. The van der Waals surface area contributed by atoms with Crippen molar-refractivity contribution in [2.75, 3.05) is 11.1 Å². The van der Waals surface area contributed by atoms with Gasteiger partial charge in [-0.05, 0) is 50.2 Å². The minimum atomic E-state index is 0.121. The van der Waals surface area contributed by atoms with Crippen molar-refractivity contribution in [3.63, 3.8) is 0 Å². The van der Waals surface area contributed by atoms with E-state index in [4.69, 9.17) is 15.7 Å². The topological polar surface area (TPSA) is 115 Å². The molecule has 0 saturated carbocycles. The third kappa shape index (κ3) is 3.84. The molecule has 0 atom stereocenters. The summed E-state index contributed by atoms with van der Waals surface area (Å²) in [5.41, 5.74) is 7.17. The molecule has 0 spiro atoms. The van der Waals surface area contributed by atoms with E-state index in [0.717, 1.165) is 11.4 Å². The molecule has 3 N–H and O–H groups in total. The lowest BCUT2D eigenvalue weighted by Crippen LogP contribution is -2.05. The van der Waals surface area contributed by atoms with Crippen LogP contribution in [-0.4, -0.2) is 25.9 Å². The van der Waals surface area contributed by atoms with Crippen LogP contribution in [0.2, 0.25) is 0 Å². The molecule has 0 aliphatic rings. The maximum Gasteiger partial charge on any atom is 0.248 e. The van der Waals surface area contributed by atoms with Crippen LogP contribution in [-0.2, 0) is 0 Å². The number of benzene rings is 1. The highest BCUT2D eigenvalue weighted by atomic mass is 16.5. The van der Waals surface area contributed by atoms with Gasteiger partial charge in [0.2, 0.25) is 11.9 Å². The molecular weight excluding hydrogens is 318 g/mol. The monoisotopic (exact) mass is 335 g/mol. The summed E-state index contributed by atoms with van der Waals surface area (Å²) in [5.74, 6) is 1.82. The SMILES string of the molecule is CC(C)Oc1ccc(Nc2nc(N)n(-c3ccc(C#N)cn3)n2)cc1. The summed E-state index contributed by atoms with van der Waals surface area (Å²) in [6.07, 6.45) is 1.58. The van der Waals surface area contributed by atoms with Crippen LogP contribution < -0.4 is 15.8 Å². The van der Waals surface area contributed by atoms with Crippen LogP contribution in [0, 0.1) is 11.3 Å². The number of nitrogens with one attached hydrogen (secondary N) is 1. The fourth-order valence-electron chi connectivity index (χ4n) is 2.14. The summed E-state index contributed by atoms with van der Waals surface area (Å²) in [6, 6.07) is 12.8. The number of nitrogen functional groups attached to an aromatic ring is 1. The summed E-state index contributed by atoms with van der Waals surface area (Å²) in [5, 5.41) is 16.2. The first-order valence-electron chi connectivity index (χ1n) is 7.68. The molecule has 2 aromatic heterocycles. The van der Waals surface area contributed by atoms with E-state index < -0.39 is 0 Å². The van der Waals surface area contributed by atoms with Crippen LogP contribution in [0.25, 0.3) is 5.82 Å². The van der Waals surface area contributed by atoms with Gasteiger partial charge in [-0.2, -0.15) is 14.9 Å². The Morgan fingerprint density at radius 1 is 1.20 bits per heavy atom. The van der Waals surface area contributed by atoms with Gasteiger partial charge in [-0.1, -0.05) is 0 Å². The van der Waals surface area contributed by atoms with E-state index in [0.29, 0.717) is 17.3 Å². The maximum atomic E-state index is 8.82. The standard InChI is InChI=1S/C17H17N7O/c1-11(2)25-14-6-4-13(5-7-14)21-17-22-16(19)24(23-17)15-8-3-12(9-18)10-20-15/h3-8,10-11H,1-2H3,(H3,19,21,22,23). The number of nitrogens with two attached hydrogens (primary N) is 1. The first kappa shape index (κ1) is 16.3. The number of aromatic nitrogens is 4. The van der Waals surface area contributed by atoms with Gasteiger partial charge < -0.3 is 15.8 Å². The van der Waals surface area contributed by atoms with Crippen LogP contribution in [0.5, 0.6) is 5.75 Å². The Hall–Kier alpha value is -3.60. The van der Waals surface area contributed by atoms with Gasteiger partial charge in [-0.3, -0.25) is 0 Å². The third-order valence-corrected chi connectivity index (χ3v) is 3.21. The van der Waals surface area contributed by atoms with Crippen molar-refractivity contribution in [2.24, 2.45) is 0 Å². The predicted octanol–water partition coefficient (Wildman–Crippen LogP) is 2.65. The smallest absolute Gasteiger partial charge is 0.248 e. The molecule has 0 bridgehead atoms. The van der Waals surface area contributed by atoms with Gasteiger partial charge in [0.15, 0.2) is 5.82 Å². The first-order chi connectivity index (χ1) is 12.0. The second-order valence-corrected chi connectivity index (χ2v) is 5.54. The van der Waals surface area contributed by atoms with Crippen LogP contribution in [0.1, 0.15) is 19.4 Å². The molecule has 8 nitrogen and oxygen atoms in total. The zero-order valence-electron chi connectivity index (χ0n) is 13.8. The Morgan fingerprint density at radius 3 is 2.56 bits per heavy atom. The van der Waals surface area contributed by atoms with E-state index in [1.807, 2.05) is 44.2 Å². The Labute approximate surface area is 144 Å². The molecule has 8 heteroatoms. The molecule has 0 aliphatic carbocycles. The number of pyridine rings is 1. The Bertz CT molecular complexity index is 892. The molecule has 3 rings (SSSR count). The molecule has 126 valence electrons. The van der Waals surface area contributed by atoms with E-state index in [2.05, 4.69) is 20.4 Å².